The van der Waals surface area contributed by atoms with Gasteiger partial charge >= 0.3 is 0 Å². The van der Waals surface area contributed by atoms with Crippen LogP contribution in [0.2, 0.25) is 0 Å². The van der Waals surface area contributed by atoms with Gasteiger partial charge in [-0.15, -0.1) is 0 Å². The maximum absolute atomic E-state index is 13.8. The molecule has 4 aromatic rings. The second-order valence-corrected chi connectivity index (χ2v) is 8.32. The van der Waals surface area contributed by atoms with E-state index in [-0.39, 0.29) is 11.9 Å². The molecule has 176 valence electrons. The fourth-order valence-corrected chi connectivity index (χ4v) is 4.52. The van der Waals surface area contributed by atoms with Gasteiger partial charge in [-0.2, -0.15) is 4.98 Å². The molecular formula is C27H26N6O2. The highest BCUT2D eigenvalue weighted by atomic mass is 16.5. The van der Waals surface area contributed by atoms with Crippen molar-refractivity contribution in [2.45, 2.75) is 25.3 Å². The van der Waals surface area contributed by atoms with Crippen LogP contribution in [-0.4, -0.2) is 55.7 Å². The maximum atomic E-state index is 13.8. The molecule has 0 N–H and O–H groups in total. The number of carbonyl (C=O) groups is 1. The molecule has 1 fully saturated rings. The van der Waals surface area contributed by atoms with Gasteiger partial charge < -0.3 is 9.42 Å². The first kappa shape index (κ1) is 22.5. The fourth-order valence-electron chi connectivity index (χ4n) is 4.52. The van der Waals surface area contributed by atoms with Crippen LogP contribution in [0.15, 0.2) is 89.1 Å². The van der Waals surface area contributed by atoms with Gasteiger partial charge in [-0.3, -0.25) is 14.2 Å². The lowest BCUT2D eigenvalue weighted by Crippen LogP contribution is -2.37. The molecule has 0 aliphatic carbocycles. The van der Waals surface area contributed by atoms with Crippen LogP contribution in [0.1, 0.15) is 35.0 Å². The number of carbonyl (C=O) groups excluding carboxylic acids is 1. The van der Waals surface area contributed by atoms with Crippen LogP contribution in [-0.2, 0) is 6.42 Å². The van der Waals surface area contributed by atoms with Crippen LogP contribution in [0.5, 0.6) is 0 Å². The smallest absolute Gasteiger partial charge is 0.275 e. The lowest BCUT2D eigenvalue weighted by atomic mass is 10.1. The van der Waals surface area contributed by atoms with Crippen LogP contribution in [0.25, 0.3) is 16.9 Å². The number of hydrogen-bond donors (Lipinski definition) is 0. The summed E-state index contributed by atoms with van der Waals surface area (Å²) in [6.07, 6.45) is 9.41. The van der Waals surface area contributed by atoms with Crippen molar-refractivity contribution < 1.29 is 9.32 Å². The van der Waals surface area contributed by atoms with E-state index in [9.17, 15) is 4.79 Å². The Morgan fingerprint density at radius 3 is 2.83 bits per heavy atom. The number of aliphatic imine (C=N–C) groups is 1. The zero-order chi connectivity index (χ0) is 24.2. The van der Waals surface area contributed by atoms with Crippen molar-refractivity contribution in [3.05, 3.63) is 96.9 Å². The summed E-state index contributed by atoms with van der Waals surface area (Å²) >= 11 is 0. The van der Waals surface area contributed by atoms with Gasteiger partial charge in [-0.25, -0.2) is 4.98 Å². The molecule has 0 bridgehead atoms. The number of aromatic nitrogens is 4. The first-order chi connectivity index (χ1) is 17.2. The summed E-state index contributed by atoms with van der Waals surface area (Å²) in [7, 11) is 1.68. The van der Waals surface area contributed by atoms with Crippen LogP contribution < -0.4 is 0 Å². The van der Waals surface area contributed by atoms with Crippen molar-refractivity contribution in [3.63, 3.8) is 0 Å². The third-order valence-electron chi connectivity index (χ3n) is 6.16. The molecule has 8 nitrogen and oxygen atoms in total. The van der Waals surface area contributed by atoms with Gasteiger partial charge in [-0.1, -0.05) is 60.3 Å². The Morgan fingerprint density at radius 1 is 1.20 bits per heavy atom. The van der Waals surface area contributed by atoms with Crippen LogP contribution >= 0.6 is 0 Å². The average molecular weight is 467 g/mol. The quantitative estimate of drug-likeness (QED) is 0.298. The van der Waals surface area contributed by atoms with Crippen molar-refractivity contribution in [2.24, 2.45) is 4.99 Å². The highest BCUT2D eigenvalue weighted by Gasteiger charge is 2.34. The molecule has 35 heavy (non-hydrogen) atoms. The highest BCUT2D eigenvalue weighted by molar-refractivity contribution is 6.06. The second-order valence-electron chi connectivity index (χ2n) is 8.32. The molecule has 5 rings (SSSR count). The minimum absolute atomic E-state index is 0.0463. The first-order valence-electron chi connectivity index (χ1n) is 11.6. The van der Waals surface area contributed by atoms with Gasteiger partial charge in [0, 0.05) is 37.8 Å². The van der Waals surface area contributed by atoms with E-state index in [4.69, 9.17) is 9.51 Å². The summed E-state index contributed by atoms with van der Waals surface area (Å²) < 4.78 is 7.48. The van der Waals surface area contributed by atoms with Crippen LogP contribution in [0, 0.1) is 0 Å². The minimum Gasteiger partial charge on any atom is -0.339 e. The van der Waals surface area contributed by atoms with Gasteiger partial charge in [-0.05, 0) is 31.1 Å². The van der Waals surface area contributed by atoms with E-state index in [2.05, 4.69) is 21.7 Å². The number of allylic oxidation sites excluding steroid dienone is 3. The summed E-state index contributed by atoms with van der Waals surface area (Å²) in [6, 6.07) is 15.6. The normalized spacial score (nSPS) is 16.4. The Kier molecular flexibility index (Phi) is 6.34. The molecular weight excluding hydrogens is 440 g/mol. The molecule has 1 aliphatic rings. The number of nitrogens with zero attached hydrogens (tertiary/aromatic N) is 6. The monoisotopic (exact) mass is 466 g/mol. The van der Waals surface area contributed by atoms with E-state index in [1.807, 2.05) is 64.0 Å². The predicted molar refractivity (Wildman–Crippen MR) is 134 cm³/mol. The Bertz CT molecular complexity index is 1420. The van der Waals surface area contributed by atoms with Crippen molar-refractivity contribution in [3.8, 4) is 11.3 Å². The molecule has 3 aromatic heterocycles. The molecule has 1 amide bonds. The average Bonchev–Trinajstić information content (AvgIpc) is 3.64. The van der Waals surface area contributed by atoms with Crippen LogP contribution in [0.4, 0.5) is 0 Å². The van der Waals surface area contributed by atoms with Gasteiger partial charge in [0.1, 0.15) is 11.4 Å². The number of rotatable bonds is 7. The Labute approximate surface area is 203 Å². The molecule has 1 atom stereocenters. The first-order valence-corrected chi connectivity index (χ1v) is 11.6. The van der Waals surface area contributed by atoms with Gasteiger partial charge in [0.05, 0.1) is 5.69 Å². The number of hydrogen-bond acceptors (Lipinski definition) is 6. The molecule has 1 unspecified atom stereocenters. The zero-order valence-electron chi connectivity index (χ0n) is 19.5. The topological polar surface area (TPSA) is 88.9 Å². The molecule has 1 aromatic carbocycles. The molecule has 1 saturated heterocycles. The van der Waals surface area contributed by atoms with E-state index in [0.717, 1.165) is 29.7 Å². The number of pyridine rings is 1. The molecule has 0 saturated carbocycles. The molecule has 0 radical (unpaired) electrons. The number of likely N-dealkylation sites (tertiary alicyclic amines) is 1. The summed E-state index contributed by atoms with van der Waals surface area (Å²) in [5, 5.41) is 4.07. The molecule has 0 spiro atoms. The van der Waals surface area contributed by atoms with E-state index in [1.165, 1.54) is 0 Å². The Balaban J connectivity index is 1.43. The number of amides is 1. The van der Waals surface area contributed by atoms with Crippen molar-refractivity contribution in [1.29, 1.82) is 0 Å². The lowest BCUT2D eigenvalue weighted by molar-refractivity contribution is 0.0727. The zero-order valence-corrected chi connectivity index (χ0v) is 19.5. The Hall–Kier alpha value is -4.33. The highest BCUT2D eigenvalue weighted by Crippen LogP contribution is 2.29. The third kappa shape index (κ3) is 4.42. The van der Waals surface area contributed by atoms with E-state index < -0.39 is 0 Å². The number of benzene rings is 1. The summed E-state index contributed by atoms with van der Waals surface area (Å²) in [4.78, 5) is 29.2. The SMILES string of the molecule is C=C/C=C\C(=NC)c1noc(CC2CCCN2C(=O)c2nc3ccccn3c2-c2ccccc2)n1. The summed E-state index contributed by atoms with van der Waals surface area (Å²) in [6.45, 7) is 4.34. The van der Waals surface area contributed by atoms with Gasteiger partial charge in [0.15, 0.2) is 5.69 Å². The predicted octanol–water partition coefficient (Wildman–Crippen LogP) is 4.39. The molecule has 4 heterocycles. The van der Waals surface area contributed by atoms with Crippen LogP contribution in [0.3, 0.4) is 0 Å². The standard InChI is InChI=1S/C27H26N6O2/c1-3-4-14-21(28-2)26-30-23(35-31-26)18-20-13-10-17-32(20)27(34)24-25(19-11-6-5-7-12-19)33-16-9-8-15-22(33)29-24/h3-9,11-12,14-16,20H,1,10,13,17-18H2,2H3/b14-4-,28-21?. The lowest BCUT2D eigenvalue weighted by Gasteiger charge is -2.23. The van der Waals surface area contributed by atoms with Gasteiger partial charge in [0.25, 0.3) is 5.91 Å². The second kappa shape index (κ2) is 9.89. The van der Waals surface area contributed by atoms with Gasteiger partial charge in [0.2, 0.25) is 11.7 Å². The summed E-state index contributed by atoms with van der Waals surface area (Å²) in [5.41, 5.74) is 3.55. The Morgan fingerprint density at radius 2 is 2.03 bits per heavy atom. The fraction of sp³-hybridized carbons (Fsp3) is 0.222. The number of fused-ring (bicyclic) bond motifs is 1. The minimum atomic E-state index is -0.0838. The molecule has 1 aliphatic heterocycles. The molecule has 8 heteroatoms. The summed E-state index contributed by atoms with van der Waals surface area (Å²) in [5.74, 6) is 0.818. The van der Waals surface area contributed by atoms with Crippen molar-refractivity contribution in [1.82, 2.24) is 24.4 Å². The van der Waals surface area contributed by atoms with E-state index in [1.54, 1.807) is 25.3 Å². The third-order valence-corrected chi connectivity index (χ3v) is 6.16. The largest absolute Gasteiger partial charge is 0.339 e. The number of imidazole rings is 1. The van der Waals surface area contributed by atoms with E-state index in [0.29, 0.717) is 36.1 Å². The van der Waals surface area contributed by atoms with Crippen molar-refractivity contribution in [2.75, 3.05) is 13.6 Å². The maximum Gasteiger partial charge on any atom is 0.275 e. The van der Waals surface area contributed by atoms with E-state index >= 15 is 0 Å². The van der Waals surface area contributed by atoms with Crippen molar-refractivity contribution >= 4 is 17.3 Å².